The Hall–Kier alpha value is -1.80. The van der Waals surface area contributed by atoms with Crippen molar-refractivity contribution in [3.8, 4) is 0 Å². The van der Waals surface area contributed by atoms with Crippen LogP contribution >= 0.6 is 0 Å². The summed E-state index contributed by atoms with van der Waals surface area (Å²) in [6.45, 7) is 0.443. The predicted molar refractivity (Wildman–Crippen MR) is 135 cm³/mol. The van der Waals surface area contributed by atoms with E-state index in [-0.39, 0.29) is 25.3 Å². The summed E-state index contributed by atoms with van der Waals surface area (Å²) in [6, 6.07) is -0.479. The molecule has 1 aliphatic rings. The number of allylic oxidation sites excluding steroid dienone is 2. The highest BCUT2D eigenvalue weighted by atomic mass is 19.1. The lowest BCUT2D eigenvalue weighted by Crippen LogP contribution is -2.37. The van der Waals surface area contributed by atoms with Gasteiger partial charge < -0.3 is 20.8 Å². The van der Waals surface area contributed by atoms with Crippen molar-refractivity contribution in [2.75, 3.05) is 13.2 Å². The Morgan fingerprint density at radius 3 is 1.34 bits per heavy atom. The van der Waals surface area contributed by atoms with Crippen molar-refractivity contribution >= 4 is 11.8 Å². The van der Waals surface area contributed by atoms with Gasteiger partial charge in [-0.05, 0) is 69.9 Å². The number of hydrogen-bond donors (Lipinski definition) is 4. The van der Waals surface area contributed by atoms with Crippen LogP contribution < -0.4 is 10.6 Å². The molecule has 0 spiro atoms. The fraction of sp³-hybridized carbons (Fsp3) is 0.778. The van der Waals surface area contributed by atoms with Gasteiger partial charge in [0.15, 0.2) is 11.7 Å². The van der Waals surface area contributed by atoms with Crippen molar-refractivity contribution in [2.45, 2.75) is 121 Å². The molecule has 1 saturated carbocycles. The highest BCUT2D eigenvalue weighted by Gasteiger charge is 2.28. The molecule has 0 radical (unpaired) electrons. The molecule has 6 nitrogen and oxygen atoms in total. The van der Waals surface area contributed by atoms with Crippen LogP contribution in [-0.4, -0.2) is 47.3 Å². The Bertz CT molecular complexity index is 601. The molecule has 0 saturated heterocycles. The van der Waals surface area contributed by atoms with Gasteiger partial charge in [-0.3, -0.25) is 9.59 Å². The van der Waals surface area contributed by atoms with Gasteiger partial charge in [-0.15, -0.1) is 0 Å². The van der Waals surface area contributed by atoms with Crippen molar-refractivity contribution in [1.82, 2.24) is 10.6 Å². The second kappa shape index (κ2) is 20.4. The summed E-state index contributed by atoms with van der Waals surface area (Å²) < 4.78 is 28.1. The molecule has 0 unspecified atom stereocenters. The van der Waals surface area contributed by atoms with Crippen LogP contribution in [0.5, 0.6) is 0 Å². The zero-order valence-corrected chi connectivity index (χ0v) is 21.2. The summed E-state index contributed by atoms with van der Waals surface area (Å²) >= 11 is 0. The monoisotopic (exact) mass is 500 g/mol. The summed E-state index contributed by atoms with van der Waals surface area (Å²) in [6.07, 6.45) is 16.8. The third-order valence-electron chi connectivity index (χ3n) is 6.41. The van der Waals surface area contributed by atoms with E-state index in [0.29, 0.717) is 32.1 Å². The largest absolute Gasteiger partial charge is 0.396 e. The molecule has 35 heavy (non-hydrogen) atoms. The van der Waals surface area contributed by atoms with Crippen LogP contribution in [0.15, 0.2) is 23.8 Å². The topological polar surface area (TPSA) is 98.7 Å². The third kappa shape index (κ3) is 15.7. The van der Waals surface area contributed by atoms with E-state index >= 15 is 0 Å². The maximum absolute atomic E-state index is 14.1. The van der Waals surface area contributed by atoms with Crippen molar-refractivity contribution < 1.29 is 28.6 Å². The number of aliphatic hydroxyl groups excluding tert-OH is 2. The Kier molecular flexibility index (Phi) is 18.2. The first-order chi connectivity index (χ1) is 17.0. The van der Waals surface area contributed by atoms with E-state index in [2.05, 4.69) is 10.6 Å². The Balaban J connectivity index is 2.19. The minimum atomic E-state index is -0.778. The van der Waals surface area contributed by atoms with Gasteiger partial charge in [0.1, 0.15) is 0 Å². The summed E-state index contributed by atoms with van der Waals surface area (Å²) in [5.41, 5.74) is 0. The van der Waals surface area contributed by atoms with Crippen molar-refractivity contribution in [3.63, 3.8) is 0 Å². The van der Waals surface area contributed by atoms with Crippen LogP contribution in [0.1, 0.15) is 109 Å². The number of aliphatic hydroxyl groups is 2. The number of halogens is 2. The number of carbonyl (C=O) groups excluding carboxylic acids is 2. The average molecular weight is 501 g/mol. The smallest absolute Gasteiger partial charge is 0.279 e. The van der Waals surface area contributed by atoms with E-state index in [1.54, 1.807) is 0 Å². The van der Waals surface area contributed by atoms with Gasteiger partial charge in [0.2, 0.25) is 0 Å². The molecule has 0 bridgehead atoms. The maximum atomic E-state index is 14.1. The van der Waals surface area contributed by atoms with Crippen LogP contribution in [0.4, 0.5) is 8.78 Å². The molecular formula is C27H46F2N2O4. The lowest BCUT2D eigenvalue weighted by molar-refractivity contribution is -0.119. The standard InChI is InChI=1S/C27H46F2N2O4/c28-24(15-11-7-3-1-5-9-13-19-32)26(34)30-22-17-18-23(21-22)31-27(35)25(29)16-12-8-4-2-6-10-14-20-33/h15-16,22-23,32-33H,1-14,17-21H2,(H,30,34)(H,31,35)/b24-15-,25-16-/t22-,23+. The molecule has 1 fully saturated rings. The molecule has 2 amide bonds. The van der Waals surface area contributed by atoms with Crippen molar-refractivity contribution in [2.24, 2.45) is 0 Å². The molecule has 202 valence electrons. The zero-order chi connectivity index (χ0) is 25.7. The first-order valence-electron chi connectivity index (χ1n) is 13.5. The fourth-order valence-electron chi connectivity index (χ4n) is 4.32. The number of carbonyl (C=O) groups is 2. The second-order valence-electron chi connectivity index (χ2n) is 9.53. The van der Waals surface area contributed by atoms with E-state index in [0.717, 1.165) is 77.0 Å². The number of rotatable bonds is 20. The van der Waals surface area contributed by atoms with Crippen molar-refractivity contribution in [1.29, 1.82) is 0 Å². The van der Waals surface area contributed by atoms with Crippen LogP contribution in [0.3, 0.4) is 0 Å². The molecule has 4 N–H and O–H groups in total. The molecular weight excluding hydrogens is 454 g/mol. The number of nitrogens with one attached hydrogen (secondary N) is 2. The fourth-order valence-corrected chi connectivity index (χ4v) is 4.32. The highest BCUT2D eigenvalue weighted by molar-refractivity contribution is 5.92. The summed E-state index contributed by atoms with van der Waals surface area (Å²) in [5, 5.41) is 22.8. The summed E-state index contributed by atoms with van der Waals surface area (Å²) in [4.78, 5) is 24.1. The molecule has 0 aromatic carbocycles. The third-order valence-corrected chi connectivity index (χ3v) is 6.41. The zero-order valence-electron chi connectivity index (χ0n) is 21.2. The molecule has 0 heterocycles. The van der Waals surface area contributed by atoms with Gasteiger partial charge in [-0.2, -0.15) is 0 Å². The van der Waals surface area contributed by atoms with E-state index in [9.17, 15) is 18.4 Å². The minimum Gasteiger partial charge on any atom is -0.396 e. The second-order valence-corrected chi connectivity index (χ2v) is 9.53. The van der Waals surface area contributed by atoms with Gasteiger partial charge in [0.25, 0.3) is 11.8 Å². The lowest BCUT2D eigenvalue weighted by atomic mass is 10.1. The van der Waals surface area contributed by atoms with E-state index in [1.807, 2.05) is 0 Å². The summed E-state index contributed by atoms with van der Waals surface area (Å²) in [5.74, 6) is -3.01. The van der Waals surface area contributed by atoms with Crippen LogP contribution in [0.25, 0.3) is 0 Å². The highest BCUT2D eigenvalue weighted by Crippen LogP contribution is 2.21. The van der Waals surface area contributed by atoms with Gasteiger partial charge in [0, 0.05) is 25.3 Å². The molecule has 1 rings (SSSR count). The molecule has 0 aromatic rings. The maximum Gasteiger partial charge on any atom is 0.279 e. The van der Waals surface area contributed by atoms with E-state index in [4.69, 9.17) is 10.2 Å². The van der Waals surface area contributed by atoms with Crippen LogP contribution in [-0.2, 0) is 9.59 Å². The number of unbranched alkanes of at least 4 members (excludes halogenated alkanes) is 12. The first kappa shape index (κ1) is 31.2. The van der Waals surface area contributed by atoms with Gasteiger partial charge in [-0.25, -0.2) is 8.78 Å². The lowest BCUT2D eigenvalue weighted by Gasteiger charge is -2.14. The minimum absolute atomic E-state index is 0.222. The number of hydrogen-bond acceptors (Lipinski definition) is 4. The predicted octanol–water partition coefficient (Wildman–Crippen LogP) is 5.29. The van der Waals surface area contributed by atoms with Crippen LogP contribution in [0, 0.1) is 0 Å². The van der Waals surface area contributed by atoms with Crippen molar-refractivity contribution in [3.05, 3.63) is 23.8 Å². The number of amides is 2. The van der Waals surface area contributed by atoms with Gasteiger partial charge >= 0.3 is 0 Å². The van der Waals surface area contributed by atoms with E-state index < -0.39 is 23.5 Å². The normalized spacial score (nSPS) is 18.6. The average Bonchev–Trinajstić information content (AvgIpc) is 3.28. The van der Waals surface area contributed by atoms with Crippen LogP contribution in [0.2, 0.25) is 0 Å². The molecule has 2 atom stereocenters. The Morgan fingerprint density at radius 1 is 0.629 bits per heavy atom. The molecule has 1 aliphatic carbocycles. The van der Waals surface area contributed by atoms with Gasteiger partial charge in [0.05, 0.1) is 0 Å². The SMILES string of the molecule is O=C(N[C@@H]1CC[C@H](NC(=O)/C(F)=C/CCCCCCCCO)C1)/C(F)=C/CCCCCCCCO. The molecule has 0 aromatic heterocycles. The molecule has 0 aliphatic heterocycles. The first-order valence-corrected chi connectivity index (χ1v) is 13.5. The Morgan fingerprint density at radius 2 is 0.971 bits per heavy atom. The molecule has 8 heteroatoms. The quantitative estimate of drug-likeness (QED) is 0.135. The van der Waals surface area contributed by atoms with Gasteiger partial charge in [-0.1, -0.05) is 51.4 Å². The van der Waals surface area contributed by atoms with E-state index in [1.165, 1.54) is 12.2 Å². The summed E-state index contributed by atoms with van der Waals surface area (Å²) in [7, 11) is 0. The Labute approximate surface area is 209 Å².